The van der Waals surface area contributed by atoms with Crippen LogP contribution in [0.4, 0.5) is 11.5 Å². The SMILES string of the molecule is CCc1cc(NC(=O)C(=O)N2[C@@H](C)CCC[C@@]2(C)c2ccc3sc(C4CCN(C)CC4)nc3c2)cnc1N. The molecule has 2 fully saturated rings. The number of benzene rings is 1. The minimum absolute atomic E-state index is 0.0661. The number of nitrogen functional groups attached to an aromatic ring is 1. The number of aromatic nitrogens is 2. The number of thiazole rings is 1. The zero-order valence-electron chi connectivity index (χ0n) is 22.8. The molecule has 2 saturated heterocycles. The van der Waals surface area contributed by atoms with Crippen molar-refractivity contribution in [3.8, 4) is 0 Å². The van der Waals surface area contributed by atoms with Gasteiger partial charge in [0.2, 0.25) is 0 Å². The average Bonchev–Trinajstić information content (AvgIpc) is 3.33. The van der Waals surface area contributed by atoms with Crippen LogP contribution < -0.4 is 11.1 Å². The maximum Gasteiger partial charge on any atom is 0.313 e. The van der Waals surface area contributed by atoms with Crippen LogP contribution in [0, 0.1) is 0 Å². The van der Waals surface area contributed by atoms with Crippen LogP contribution in [0.3, 0.4) is 0 Å². The van der Waals surface area contributed by atoms with E-state index < -0.39 is 17.4 Å². The first-order valence-electron chi connectivity index (χ1n) is 13.7. The molecule has 3 N–H and O–H groups in total. The molecule has 0 unspecified atom stereocenters. The molecule has 202 valence electrons. The second-order valence-electron chi connectivity index (χ2n) is 11.1. The maximum atomic E-state index is 13.7. The number of hydrogen-bond acceptors (Lipinski definition) is 7. The zero-order chi connectivity index (χ0) is 27.0. The Labute approximate surface area is 228 Å². The van der Waals surface area contributed by atoms with Gasteiger partial charge in [-0.2, -0.15) is 0 Å². The number of carbonyl (C=O) groups excluding carboxylic acids is 2. The van der Waals surface area contributed by atoms with Crippen molar-refractivity contribution in [3.63, 3.8) is 0 Å². The fraction of sp³-hybridized carbons (Fsp3) is 0.517. The van der Waals surface area contributed by atoms with Gasteiger partial charge in [0.1, 0.15) is 5.82 Å². The summed E-state index contributed by atoms with van der Waals surface area (Å²) in [5.41, 5.74) is 8.63. The van der Waals surface area contributed by atoms with Gasteiger partial charge in [0.15, 0.2) is 0 Å². The lowest BCUT2D eigenvalue weighted by Gasteiger charge is -2.48. The van der Waals surface area contributed by atoms with Gasteiger partial charge in [-0.1, -0.05) is 13.0 Å². The van der Waals surface area contributed by atoms with Crippen LogP contribution in [0.2, 0.25) is 0 Å². The number of carbonyl (C=O) groups is 2. The number of pyridine rings is 1. The summed E-state index contributed by atoms with van der Waals surface area (Å²) in [6.45, 7) is 8.29. The summed E-state index contributed by atoms with van der Waals surface area (Å²) in [6.07, 6.45) is 7.10. The number of nitrogens with one attached hydrogen (secondary N) is 1. The van der Waals surface area contributed by atoms with E-state index in [1.54, 1.807) is 22.3 Å². The molecule has 9 heteroatoms. The normalized spacial score (nSPS) is 23.1. The van der Waals surface area contributed by atoms with E-state index in [2.05, 4.69) is 47.4 Å². The predicted octanol–water partition coefficient (Wildman–Crippen LogP) is 4.90. The molecule has 2 aromatic heterocycles. The van der Waals surface area contributed by atoms with E-state index >= 15 is 0 Å². The molecule has 0 bridgehead atoms. The molecule has 4 heterocycles. The summed E-state index contributed by atoms with van der Waals surface area (Å²) >= 11 is 1.79. The van der Waals surface area contributed by atoms with Crippen molar-refractivity contribution >= 4 is 44.9 Å². The minimum Gasteiger partial charge on any atom is -0.383 e. The number of likely N-dealkylation sites (tertiary alicyclic amines) is 2. The fourth-order valence-electron chi connectivity index (χ4n) is 6.06. The first-order valence-corrected chi connectivity index (χ1v) is 14.5. The molecule has 8 nitrogen and oxygen atoms in total. The summed E-state index contributed by atoms with van der Waals surface area (Å²) in [7, 11) is 2.18. The Kier molecular flexibility index (Phi) is 7.42. The number of hydrogen-bond donors (Lipinski definition) is 2. The topological polar surface area (TPSA) is 104 Å². The first kappa shape index (κ1) is 26.6. The average molecular weight is 535 g/mol. The molecule has 0 saturated carbocycles. The van der Waals surface area contributed by atoms with Gasteiger partial charge >= 0.3 is 11.8 Å². The van der Waals surface area contributed by atoms with Crippen LogP contribution in [0.25, 0.3) is 10.2 Å². The molecule has 0 spiro atoms. The first-order chi connectivity index (χ1) is 18.2. The van der Waals surface area contributed by atoms with Crippen LogP contribution in [0.15, 0.2) is 30.5 Å². The highest BCUT2D eigenvalue weighted by Gasteiger charge is 2.44. The maximum absolute atomic E-state index is 13.7. The van der Waals surface area contributed by atoms with Crippen LogP contribution in [-0.2, 0) is 21.5 Å². The monoisotopic (exact) mass is 534 g/mol. The summed E-state index contributed by atoms with van der Waals surface area (Å²) in [6, 6.07) is 8.11. The summed E-state index contributed by atoms with van der Waals surface area (Å²) in [5.74, 6) is -0.238. The number of nitrogens with two attached hydrogens (primary N) is 1. The molecule has 2 aliphatic rings. The standard InChI is InChI=1S/C29H38N6O2S/c1-5-19-15-22(17-31-25(19)30)32-26(36)28(37)35-18(2)7-6-12-29(35,3)21-8-9-24-23(16-21)33-27(38-24)20-10-13-34(4)14-11-20/h8-9,15-18,20H,5-7,10-14H2,1-4H3,(H2,30,31)(H,32,36)/t18-,29-/m0/s1. The van der Waals surface area contributed by atoms with Gasteiger partial charge in [-0.05, 0) is 102 Å². The van der Waals surface area contributed by atoms with Gasteiger partial charge in [0, 0.05) is 12.0 Å². The van der Waals surface area contributed by atoms with Gasteiger partial charge in [-0.15, -0.1) is 11.3 Å². The number of anilines is 2. The molecule has 0 radical (unpaired) electrons. The Morgan fingerprint density at radius 3 is 2.71 bits per heavy atom. The Morgan fingerprint density at radius 2 is 1.97 bits per heavy atom. The third kappa shape index (κ3) is 5.01. The molecular formula is C29H38N6O2S. The fourth-order valence-corrected chi connectivity index (χ4v) is 7.18. The smallest absolute Gasteiger partial charge is 0.313 e. The van der Waals surface area contributed by atoms with Crippen LogP contribution >= 0.6 is 11.3 Å². The van der Waals surface area contributed by atoms with Crippen molar-refractivity contribution in [1.29, 1.82) is 0 Å². The highest BCUT2D eigenvalue weighted by atomic mass is 32.1. The third-order valence-corrected chi connectivity index (χ3v) is 9.60. The Morgan fingerprint density at radius 1 is 1.21 bits per heavy atom. The molecule has 2 atom stereocenters. The summed E-state index contributed by atoms with van der Waals surface area (Å²) in [5, 5.41) is 3.97. The Bertz CT molecular complexity index is 1350. The van der Waals surface area contributed by atoms with Crippen molar-refractivity contribution in [2.45, 2.75) is 76.8 Å². The highest BCUT2D eigenvalue weighted by Crippen LogP contribution is 2.42. The number of amides is 2. The van der Waals surface area contributed by atoms with Crippen molar-refractivity contribution in [3.05, 3.63) is 46.6 Å². The van der Waals surface area contributed by atoms with Crippen LogP contribution in [0.1, 0.15) is 74.9 Å². The van der Waals surface area contributed by atoms with Crippen molar-refractivity contribution < 1.29 is 9.59 Å². The number of nitrogens with zero attached hydrogens (tertiary/aromatic N) is 4. The molecule has 1 aromatic carbocycles. The lowest BCUT2D eigenvalue weighted by atomic mass is 9.79. The van der Waals surface area contributed by atoms with E-state index in [1.807, 2.05) is 13.8 Å². The third-order valence-electron chi connectivity index (χ3n) is 8.41. The molecule has 2 amide bonds. The predicted molar refractivity (Wildman–Crippen MR) is 153 cm³/mol. The van der Waals surface area contributed by atoms with Crippen LogP contribution in [0.5, 0.6) is 0 Å². The Balaban J connectivity index is 1.41. The zero-order valence-corrected chi connectivity index (χ0v) is 23.6. The quantitative estimate of drug-likeness (QED) is 0.462. The number of piperidine rings is 2. The van der Waals surface area contributed by atoms with Gasteiger partial charge < -0.3 is 20.9 Å². The molecule has 3 aromatic rings. The summed E-state index contributed by atoms with van der Waals surface area (Å²) in [4.78, 5) is 40.2. The van der Waals surface area contributed by atoms with E-state index in [-0.39, 0.29) is 6.04 Å². The highest BCUT2D eigenvalue weighted by molar-refractivity contribution is 7.18. The van der Waals surface area contributed by atoms with E-state index in [0.29, 0.717) is 23.8 Å². The van der Waals surface area contributed by atoms with Crippen LogP contribution in [-0.4, -0.2) is 57.8 Å². The molecule has 5 rings (SSSR count). The van der Waals surface area contributed by atoms with Gasteiger partial charge in [0.05, 0.1) is 32.6 Å². The van der Waals surface area contributed by atoms with Crippen molar-refractivity contribution in [2.75, 3.05) is 31.2 Å². The van der Waals surface area contributed by atoms with Gasteiger partial charge in [-0.25, -0.2) is 9.97 Å². The van der Waals surface area contributed by atoms with Gasteiger partial charge in [0.25, 0.3) is 0 Å². The van der Waals surface area contributed by atoms with E-state index in [0.717, 1.165) is 61.8 Å². The lowest BCUT2D eigenvalue weighted by molar-refractivity contribution is -0.152. The van der Waals surface area contributed by atoms with Gasteiger partial charge in [-0.3, -0.25) is 9.59 Å². The van der Waals surface area contributed by atoms with Crippen molar-refractivity contribution in [2.24, 2.45) is 0 Å². The second kappa shape index (κ2) is 10.6. The minimum atomic E-state index is -0.655. The second-order valence-corrected chi connectivity index (χ2v) is 12.1. The number of rotatable bonds is 4. The molecule has 0 aliphatic carbocycles. The van der Waals surface area contributed by atoms with E-state index in [9.17, 15) is 9.59 Å². The molecule has 38 heavy (non-hydrogen) atoms. The number of fused-ring (bicyclic) bond motifs is 1. The molecule has 2 aliphatic heterocycles. The summed E-state index contributed by atoms with van der Waals surface area (Å²) < 4.78 is 1.17. The lowest BCUT2D eigenvalue weighted by Crippen LogP contribution is -2.57. The largest absolute Gasteiger partial charge is 0.383 e. The Hall–Kier alpha value is -3.04. The van der Waals surface area contributed by atoms with E-state index in [4.69, 9.17) is 10.7 Å². The van der Waals surface area contributed by atoms with Crippen molar-refractivity contribution in [1.82, 2.24) is 19.8 Å². The van der Waals surface area contributed by atoms with E-state index in [1.165, 1.54) is 15.9 Å². The number of aryl methyl sites for hydroxylation is 1. The molecular weight excluding hydrogens is 496 g/mol.